The van der Waals surface area contributed by atoms with Gasteiger partial charge in [0.05, 0.1) is 13.2 Å². The number of aromatic nitrogens is 1. The van der Waals surface area contributed by atoms with E-state index >= 15 is 0 Å². The molecule has 0 saturated carbocycles. The highest BCUT2D eigenvalue weighted by Crippen LogP contribution is 2.18. The Morgan fingerprint density at radius 1 is 1.39 bits per heavy atom. The molecule has 1 unspecified atom stereocenters. The van der Waals surface area contributed by atoms with E-state index < -0.39 is 6.10 Å². The van der Waals surface area contributed by atoms with E-state index in [-0.39, 0.29) is 5.82 Å². The zero-order chi connectivity index (χ0) is 13.1. The molecule has 0 amide bonds. The predicted molar refractivity (Wildman–Crippen MR) is 67.1 cm³/mol. The van der Waals surface area contributed by atoms with Gasteiger partial charge in [0.1, 0.15) is 11.6 Å². The lowest BCUT2D eigenvalue weighted by Gasteiger charge is -2.07. The summed E-state index contributed by atoms with van der Waals surface area (Å²) in [6.07, 6.45) is 3.13. The minimum absolute atomic E-state index is 0.290. The number of ether oxygens (including phenoxy) is 1. The Kier molecular flexibility index (Phi) is 3.67. The van der Waals surface area contributed by atoms with Crippen LogP contribution in [0.4, 0.5) is 4.39 Å². The first kappa shape index (κ1) is 12.6. The van der Waals surface area contributed by atoms with Crippen LogP contribution in [0.5, 0.6) is 5.75 Å². The molecule has 4 heteroatoms. The second-order valence-electron chi connectivity index (χ2n) is 4.25. The van der Waals surface area contributed by atoms with Gasteiger partial charge < -0.3 is 14.4 Å². The van der Waals surface area contributed by atoms with E-state index in [9.17, 15) is 9.50 Å². The van der Waals surface area contributed by atoms with Crippen LogP contribution in [0.25, 0.3) is 0 Å². The molecule has 2 aromatic rings. The molecule has 18 heavy (non-hydrogen) atoms. The van der Waals surface area contributed by atoms with Crippen LogP contribution in [0.3, 0.4) is 0 Å². The molecule has 0 aliphatic rings. The average Bonchev–Trinajstić information content (AvgIpc) is 2.80. The summed E-state index contributed by atoms with van der Waals surface area (Å²) in [6.45, 7) is 2.14. The highest BCUT2D eigenvalue weighted by Gasteiger charge is 2.07. The normalized spacial score (nSPS) is 12.4. The number of hydrogen-bond acceptors (Lipinski definition) is 2. The fourth-order valence-corrected chi connectivity index (χ4v) is 1.78. The van der Waals surface area contributed by atoms with Crippen LogP contribution in [-0.2, 0) is 6.54 Å². The first-order valence-corrected chi connectivity index (χ1v) is 5.76. The van der Waals surface area contributed by atoms with Gasteiger partial charge in [-0.15, -0.1) is 0 Å². The molecule has 96 valence electrons. The van der Waals surface area contributed by atoms with Crippen LogP contribution in [0.2, 0.25) is 0 Å². The Hall–Kier alpha value is -1.81. The van der Waals surface area contributed by atoms with E-state index in [0.29, 0.717) is 17.9 Å². The topological polar surface area (TPSA) is 34.4 Å². The van der Waals surface area contributed by atoms with Gasteiger partial charge in [0.2, 0.25) is 0 Å². The molecule has 0 spiro atoms. The number of nitrogens with zero attached hydrogens (tertiary/aromatic N) is 1. The lowest BCUT2D eigenvalue weighted by Crippen LogP contribution is -2.00. The fourth-order valence-electron chi connectivity index (χ4n) is 1.78. The van der Waals surface area contributed by atoms with Crippen molar-refractivity contribution >= 4 is 0 Å². The van der Waals surface area contributed by atoms with Gasteiger partial charge in [-0.3, -0.25) is 0 Å². The van der Waals surface area contributed by atoms with Crippen molar-refractivity contribution in [3.63, 3.8) is 0 Å². The number of methoxy groups -OCH3 is 1. The second kappa shape index (κ2) is 5.23. The van der Waals surface area contributed by atoms with Crippen LogP contribution < -0.4 is 4.74 Å². The average molecular weight is 249 g/mol. The lowest BCUT2D eigenvalue weighted by atomic mass is 10.2. The maximum absolute atomic E-state index is 13.7. The minimum atomic E-state index is -0.507. The van der Waals surface area contributed by atoms with E-state index in [1.807, 2.05) is 23.0 Å². The second-order valence-corrected chi connectivity index (χ2v) is 4.25. The van der Waals surface area contributed by atoms with Crippen molar-refractivity contribution in [3.8, 4) is 5.75 Å². The summed E-state index contributed by atoms with van der Waals surface area (Å²) in [4.78, 5) is 0. The quantitative estimate of drug-likeness (QED) is 0.904. The van der Waals surface area contributed by atoms with Crippen LogP contribution in [0, 0.1) is 5.82 Å². The summed E-state index contributed by atoms with van der Waals surface area (Å²) in [5, 5.41) is 9.42. The van der Waals surface area contributed by atoms with Gasteiger partial charge in [-0.25, -0.2) is 4.39 Å². The van der Waals surface area contributed by atoms with Gasteiger partial charge in [-0.05, 0) is 24.6 Å². The Bertz CT molecular complexity index is 534. The number of hydrogen-bond donors (Lipinski definition) is 1. The Morgan fingerprint density at radius 2 is 2.17 bits per heavy atom. The predicted octanol–water partition coefficient (Wildman–Crippen LogP) is 2.74. The van der Waals surface area contributed by atoms with E-state index in [2.05, 4.69) is 0 Å². The Labute approximate surface area is 105 Å². The number of halogens is 1. The molecule has 0 fully saturated rings. The highest BCUT2D eigenvalue weighted by atomic mass is 19.1. The van der Waals surface area contributed by atoms with Gasteiger partial charge in [-0.1, -0.05) is 6.07 Å². The Balaban J connectivity index is 2.17. The van der Waals surface area contributed by atoms with Gasteiger partial charge in [0, 0.05) is 30.6 Å². The van der Waals surface area contributed by atoms with Gasteiger partial charge in [0.15, 0.2) is 0 Å². The van der Waals surface area contributed by atoms with Crippen molar-refractivity contribution < 1.29 is 14.2 Å². The van der Waals surface area contributed by atoms with Crippen LogP contribution in [0.15, 0.2) is 36.7 Å². The summed E-state index contributed by atoms with van der Waals surface area (Å²) in [5.41, 5.74) is 1.41. The molecule has 0 saturated heterocycles. The number of aliphatic hydroxyl groups is 1. The number of rotatable bonds is 4. The van der Waals surface area contributed by atoms with Gasteiger partial charge in [0.25, 0.3) is 0 Å². The van der Waals surface area contributed by atoms with Gasteiger partial charge in [-0.2, -0.15) is 0 Å². The molecule has 1 heterocycles. The van der Waals surface area contributed by atoms with Crippen molar-refractivity contribution in [1.82, 2.24) is 4.57 Å². The first-order chi connectivity index (χ1) is 8.60. The Morgan fingerprint density at radius 3 is 2.72 bits per heavy atom. The number of aliphatic hydroxyl groups excluding tert-OH is 1. The van der Waals surface area contributed by atoms with Crippen LogP contribution in [0.1, 0.15) is 24.2 Å². The third kappa shape index (κ3) is 2.71. The molecule has 0 radical (unpaired) electrons. The summed E-state index contributed by atoms with van der Waals surface area (Å²) < 4.78 is 20.5. The summed E-state index contributed by atoms with van der Waals surface area (Å²) >= 11 is 0. The van der Waals surface area contributed by atoms with Crippen molar-refractivity contribution in [3.05, 3.63) is 53.6 Å². The minimum Gasteiger partial charge on any atom is -0.497 e. The fraction of sp³-hybridized carbons (Fsp3) is 0.286. The molecule has 1 aromatic heterocycles. The van der Waals surface area contributed by atoms with Gasteiger partial charge >= 0.3 is 0 Å². The van der Waals surface area contributed by atoms with Crippen molar-refractivity contribution in [2.75, 3.05) is 7.11 Å². The molecule has 2 rings (SSSR count). The van der Waals surface area contributed by atoms with E-state index in [1.165, 1.54) is 13.2 Å². The van der Waals surface area contributed by atoms with Crippen molar-refractivity contribution in [1.29, 1.82) is 0 Å². The lowest BCUT2D eigenvalue weighted by molar-refractivity contribution is 0.199. The molecule has 1 N–H and O–H groups in total. The first-order valence-electron chi connectivity index (χ1n) is 5.76. The summed E-state index contributed by atoms with van der Waals surface area (Å²) in [7, 11) is 1.51. The van der Waals surface area contributed by atoms with E-state index in [0.717, 1.165) is 5.56 Å². The molecular formula is C14H16FNO2. The molecule has 1 atom stereocenters. The maximum atomic E-state index is 13.7. The van der Waals surface area contributed by atoms with E-state index in [4.69, 9.17) is 4.74 Å². The highest BCUT2D eigenvalue weighted by molar-refractivity contribution is 5.29. The molecular weight excluding hydrogens is 233 g/mol. The smallest absolute Gasteiger partial charge is 0.131 e. The van der Waals surface area contributed by atoms with Crippen LogP contribution in [-0.4, -0.2) is 16.8 Å². The third-order valence-corrected chi connectivity index (χ3v) is 2.87. The van der Waals surface area contributed by atoms with Crippen molar-refractivity contribution in [2.24, 2.45) is 0 Å². The summed E-state index contributed by atoms with van der Waals surface area (Å²) in [5.74, 6) is 0.218. The summed E-state index contributed by atoms with van der Waals surface area (Å²) in [6, 6.07) is 6.63. The number of benzene rings is 1. The molecule has 3 nitrogen and oxygen atoms in total. The van der Waals surface area contributed by atoms with Crippen molar-refractivity contribution in [2.45, 2.75) is 19.6 Å². The molecule has 0 aliphatic heterocycles. The van der Waals surface area contributed by atoms with E-state index in [1.54, 1.807) is 19.1 Å². The third-order valence-electron chi connectivity index (χ3n) is 2.87. The zero-order valence-electron chi connectivity index (χ0n) is 10.4. The molecule has 0 aliphatic carbocycles. The van der Waals surface area contributed by atoms with Crippen LogP contribution >= 0.6 is 0 Å². The molecule has 0 bridgehead atoms. The standard InChI is InChI=1S/C14H16FNO2/c1-10(17)11-5-6-16(8-11)9-12-3-4-13(18-2)7-14(12)15/h3-8,10,17H,9H2,1-2H3. The maximum Gasteiger partial charge on any atom is 0.131 e. The molecule has 1 aromatic carbocycles. The SMILES string of the molecule is COc1ccc(Cn2ccc(C(C)O)c2)c(F)c1. The largest absolute Gasteiger partial charge is 0.497 e. The zero-order valence-corrected chi connectivity index (χ0v) is 10.4. The monoisotopic (exact) mass is 249 g/mol.